The lowest BCUT2D eigenvalue weighted by Crippen LogP contribution is -1.93. The lowest BCUT2D eigenvalue weighted by Gasteiger charge is -2.01. The summed E-state index contributed by atoms with van der Waals surface area (Å²) in [6.45, 7) is 0. The lowest BCUT2D eigenvalue weighted by molar-refractivity contribution is 0.562. The summed E-state index contributed by atoms with van der Waals surface area (Å²) in [5.41, 5.74) is 1.58. The Morgan fingerprint density at radius 3 is 2.71 bits per heavy atom. The highest BCUT2D eigenvalue weighted by Gasteiger charge is 2.09. The molecule has 0 bridgehead atoms. The van der Waals surface area contributed by atoms with Gasteiger partial charge in [-0.1, -0.05) is 54.2 Å². The lowest BCUT2D eigenvalue weighted by atomic mass is 10.1. The van der Waals surface area contributed by atoms with Crippen molar-refractivity contribution in [1.29, 1.82) is 0 Å². The van der Waals surface area contributed by atoms with Crippen LogP contribution in [-0.4, -0.2) is 21.1 Å². The summed E-state index contributed by atoms with van der Waals surface area (Å²) in [5, 5.41) is 12.0. The molecule has 0 unspecified atom stereocenters. The Hall–Kier alpha value is -2.97. The van der Waals surface area contributed by atoms with E-state index in [1.165, 1.54) is 34.3 Å². The smallest absolute Gasteiger partial charge is 0.217 e. The van der Waals surface area contributed by atoms with E-state index < -0.39 is 0 Å². The number of rotatable bonds is 6. The summed E-state index contributed by atoms with van der Waals surface area (Å²) < 4.78 is 21.5. The molecule has 0 aliphatic heterocycles. The third kappa shape index (κ3) is 4.13. The normalized spacial score (nSPS) is 11.3. The molecular formula is C20H15FN4OS2. The van der Waals surface area contributed by atoms with Gasteiger partial charge in [0.1, 0.15) is 17.3 Å². The minimum atomic E-state index is -0.336. The molecule has 28 heavy (non-hydrogen) atoms. The van der Waals surface area contributed by atoms with E-state index in [4.69, 9.17) is 16.6 Å². The predicted molar refractivity (Wildman–Crippen MR) is 111 cm³/mol. The Morgan fingerprint density at radius 2 is 1.89 bits per heavy atom. The number of hydrogen-bond donors (Lipinski definition) is 1. The maximum absolute atomic E-state index is 13.9. The Morgan fingerprint density at radius 1 is 1.11 bits per heavy atom. The van der Waals surface area contributed by atoms with Crippen LogP contribution >= 0.6 is 24.0 Å². The van der Waals surface area contributed by atoms with Gasteiger partial charge in [0.15, 0.2) is 0 Å². The molecule has 0 radical (unpaired) electrons. The quantitative estimate of drug-likeness (QED) is 0.258. The fourth-order valence-electron chi connectivity index (χ4n) is 2.54. The third-order valence-corrected chi connectivity index (χ3v) is 5.16. The second-order valence-electron chi connectivity index (χ2n) is 5.82. The SMILES string of the molecule is Fc1ccccc1-c1ccc(/C=N\n2c(SCc3ccccc3)n[nH]c2=S)o1. The average Bonchev–Trinajstić information content (AvgIpc) is 3.32. The van der Waals surface area contributed by atoms with Gasteiger partial charge in [-0.15, -0.1) is 5.10 Å². The number of H-pyrrole nitrogens is 1. The van der Waals surface area contributed by atoms with Crippen LogP contribution in [0.4, 0.5) is 4.39 Å². The predicted octanol–water partition coefficient (Wildman–Crippen LogP) is 5.51. The fraction of sp³-hybridized carbons (Fsp3) is 0.0500. The molecule has 5 nitrogen and oxygen atoms in total. The van der Waals surface area contributed by atoms with Crippen molar-refractivity contribution < 1.29 is 8.81 Å². The third-order valence-electron chi connectivity index (χ3n) is 3.90. The van der Waals surface area contributed by atoms with E-state index in [9.17, 15) is 4.39 Å². The standard InChI is InChI=1S/C20H15FN4OS2/c21-17-9-5-4-8-16(17)18-11-10-15(26-18)12-22-25-19(27)23-24-20(25)28-13-14-6-2-1-3-7-14/h1-12H,13H2,(H,23,27)/b22-12-. The van der Waals surface area contributed by atoms with Gasteiger partial charge < -0.3 is 4.42 Å². The molecule has 2 heterocycles. The van der Waals surface area contributed by atoms with E-state index in [-0.39, 0.29) is 5.82 Å². The van der Waals surface area contributed by atoms with Crippen molar-refractivity contribution >= 4 is 30.2 Å². The first kappa shape index (κ1) is 18.4. The number of nitrogens with one attached hydrogen (secondary N) is 1. The molecule has 0 saturated heterocycles. The van der Waals surface area contributed by atoms with Crippen molar-refractivity contribution in [3.63, 3.8) is 0 Å². The molecular weight excluding hydrogens is 395 g/mol. The summed E-state index contributed by atoms with van der Waals surface area (Å²) >= 11 is 6.78. The van der Waals surface area contributed by atoms with Crippen LogP contribution in [0.5, 0.6) is 0 Å². The number of halogens is 1. The summed E-state index contributed by atoms with van der Waals surface area (Å²) in [6, 6.07) is 20.0. The summed E-state index contributed by atoms with van der Waals surface area (Å²) in [4.78, 5) is 0. The minimum absolute atomic E-state index is 0.336. The van der Waals surface area contributed by atoms with Crippen LogP contribution in [0.2, 0.25) is 0 Å². The summed E-state index contributed by atoms with van der Waals surface area (Å²) in [5.74, 6) is 1.33. The van der Waals surface area contributed by atoms with Crippen molar-refractivity contribution in [2.45, 2.75) is 10.9 Å². The average molecular weight is 410 g/mol. The van der Waals surface area contributed by atoms with Gasteiger partial charge in [-0.3, -0.25) is 0 Å². The van der Waals surface area contributed by atoms with Crippen molar-refractivity contribution in [2.75, 3.05) is 0 Å². The van der Waals surface area contributed by atoms with Crippen LogP contribution in [0.15, 0.2) is 81.4 Å². The van der Waals surface area contributed by atoms with Gasteiger partial charge >= 0.3 is 0 Å². The van der Waals surface area contributed by atoms with E-state index in [0.717, 1.165) is 5.75 Å². The molecule has 0 fully saturated rings. The maximum Gasteiger partial charge on any atom is 0.217 e. The molecule has 0 aliphatic carbocycles. The number of benzene rings is 2. The first-order valence-electron chi connectivity index (χ1n) is 8.44. The van der Waals surface area contributed by atoms with Gasteiger partial charge in [0.2, 0.25) is 9.93 Å². The van der Waals surface area contributed by atoms with E-state index in [2.05, 4.69) is 27.4 Å². The summed E-state index contributed by atoms with van der Waals surface area (Å²) in [6.07, 6.45) is 1.53. The van der Waals surface area contributed by atoms with Crippen LogP contribution in [0.3, 0.4) is 0 Å². The van der Waals surface area contributed by atoms with Gasteiger partial charge in [0.05, 0.1) is 11.8 Å². The molecule has 4 rings (SSSR count). The molecule has 0 amide bonds. The van der Waals surface area contributed by atoms with E-state index >= 15 is 0 Å². The van der Waals surface area contributed by atoms with Gasteiger partial charge in [-0.2, -0.15) is 9.78 Å². The van der Waals surface area contributed by atoms with Crippen molar-refractivity contribution in [1.82, 2.24) is 14.9 Å². The highest BCUT2D eigenvalue weighted by molar-refractivity contribution is 7.98. The number of thioether (sulfide) groups is 1. The number of aromatic amines is 1. The van der Waals surface area contributed by atoms with Gasteiger partial charge in [0, 0.05) is 5.75 Å². The second kappa shape index (κ2) is 8.37. The molecule has 4 aromatic rings. The zero-order valence-electron chi connectivity index (χ0n) is 14.6. The fourth-order valence-corrected chi connectivity index (χ4v) is 3.63. The zero-order valence-corrected chi connectivity index (χ0v) is 16.2. The van der Waals surface area contributed by atoms with Crippen molar-refractivity contribution in [3.05, 3.63) is 88.6 Å². The molecule has 2 aromatic heterocycles. The molecule has 1 N–H and O–H groups in total. The molecule has 0 spiro atoms. The Bertz CT molecular complexity index is 1160. The molecule has 0 atom stereocenters. The Kier molecular flexibility index (Phi) is 5.50. The van der Waals surface area contributed by atoms with Gasteiger partial charge in [-0.05, 0) is 42.0 Å². The van der Waals surface area contributed by atoms with Gasteiger partial charge in [0.25, 0.3) is 0 Å². The Labute approximate surface area is 169 Å². The second-order valence-corrected chi connectivity index (χ2v) is 7.15. The molecule has 140 valence electrons. The van der Waals surface area contributed by atoms with Crippen molar-refractivity contribution in [2.24, 2.45) is 5.10 Å². The van der Waals surface area contributed by atoms with Crippen LogP contribution in [0, 0.1) is 10.6 Å². The van der Waals surface area contributed by atoms with Crippen LogP contribution in [0.25, 0.3) is 11.3 Å². The topological polar surface area (TPSA) is 59.1 Å². The first-order chi connectivity index (χ1) is 13.7. The van der Waals surface area contributed by atoms with Gasteiger partial charge in [-0.25, -0.2) is 9.49 Å². The number of furan rings is 1. The van der Waals surface area contributed by atoms with E-state index in [1.54, 1.807) is 30.3 Å². The Balaban J connectivity index is 1.52. The number of nitrogens with zero attached hydrogens (tertiary/aromatic N) is 3. The maximum atomic E-state index is 13.9. The molecule has 0 aliphatic rings. The molecule has 0 saturated carbocycles. The van der Waals surface area contributed by atoms with Crippen molar-refractivity contribution in [3.8, 4) is 11.3 Å². The first-order valence-corrected chi connectivity index (χ1v) is 9.83. The monoisotopic (exact) mass is 410 g/mol. The number of hydrogen-bond acceptors (Lipinski definition) is 5. The van der Waals surface area contributed by atoms with Crippen LogP contribution < -0.4 is 0 Å². The number of aromatic nitrogens is 3. The summed E-state index contributed by atoms with van der Waals surface area (Å²) in [7, 11) is 0. The molecule has 8 heteroatoms. The highest BCUT2D eigenvalue weighted by atomic mass is 32.2. The largest absolute Gasteiger partial charge is 0.455 e. The highest BCUT2D eigenvalue weighted by Crippen LogP contribution is 2.24. The van der Waals surface area contributed by atoms with E-state index in [0.29, 0.717) is 27.0 Å². The minimum Gasteiger partial charge on any atom is -0.455 e. The van der Waals surface area contributed by atoms with E-state index in [1.807, 2.05) is 18.2 Å². The zero-order chi connectivity index (χ0) is 19.3. The molecule has 2 aromatic carbocycles. The van der Waals surface area contributed by atoms with Crippen LogP contribution in [0.1, 0.15) is 11.3 Å². The van der Waals surface area contributed by atoms with Crippen LogP contribution in [-0.2, 0) is 5.75 Å².